The maximum absolute atomic E-state index is 5.48. The van der Waals surface area contributed by atoms with Gasteiger partial charge in [0.25, 0.3) is 0 Å². The molecule has 0 saturated heterocycles. The normalized spacial score (nSPS) is 10.6. The average molecular weight is 183 g/mol. The minimum Gasteiger partial charge on any atom is -0.462 e. The smallest absolute Gasteiger partial charge is 0.129 e. The van der Waals surface area contributed by atoms with Gasteiger partial charge in [-0.15, -0.1) is 0 Å². The maximum atomic E-state index is 5.48. The maximum Gasteiger partial charge on any atom is 0.129 e. The first-order chi connectivity index (χ1) is 6.36. The minimum atomic E-state index is 0.549. The van der Waals surface area contributed by atoms with Gasteiger partial charge in [-0.05, 0) is 25.1 Å². The molecule has 1 N–H and O–H groups in total. The molecule has 0 aromatic carbocycles. The summed E-state index contributed by atoms with van der Waals surface area (Å²) < 4.78 is 10.4. The summed E-state index contributed by atoms with van der Waals surface area (Å²) in [5.41, 5.74) is 0. The van der Waals surface area contributed by atoms with Gasteiger partial charge in [0.2, 0.25) is 0 Å². The van der Waals surface area contributed by atoms with E-state index in [0.717, 1.165) is 31.0 Å². The molecule has 13 heavy (non-hydrogen) atoms. The van der Waals surface area contributed by atoms with E-state index in [1.807, 2.05) is 12.1 Å². The van der Waals surface area contributed by atoms with Gasteiger partial charge < -0.3 is 14.5 Å². The Balaban J connectivity index is 2.31. The van der Waals surface area contributed by atoms with Gasteiger partial charge in [0.15, 0.2) is 0 Å². The molecule has 0 radical (unpaired) electrons. The highest BCUT2D eigenvalue weighted by Gasteiger charge is 2.00. The highest BCUT2D eigenvalue weighted by Crippen LogP contribution is 2.08. The molecule has 3 heteroatoms. The molecule has 1 heterocycles. The number of nitrogens with one attached hydrogen (secondary N) is 1. The molecule has 0 amide bonds. The van der Waals surface area contributed by atoms with Crippen LogP contribution in [0.1, 0.15) is 24.9 Å². The van der Waals surface area contributed by atoms with Crippen LogP contribution in [0.25, 0.3) is 0 Å². The molecule has 74 valence electrons. The van der Waals surface area contributed by atoms with Gasteiger partial charge in [0.1, 0.15) is 18.1 Å². The number of methoxy groups -OCH3 is 1. The first-order valence-electron chi connectivity index (χ1n) is 4.64. The minimum absolute atomic E-state index is 0.549. The molecule has 3 nitrogen and oxygen atoms in total. The first kappa shape index (κ1) is 10.3. The molecule has 0 atom stereocenters. The summed E-state index contributed by atoms with van der Waals surface area (Å²) in [5, 5.41) is 3.27. The molecule has 0 spiro atoms. The molecule has 1 rings (SSSR count). The zero-order chi connectivity index (χ0) is 9.52. The SMILES string of the molecule is CCCNCc1ccc(COC)o1. The van der Waals surface area contributed by atoms with Gasteiger partial charge in [0.05, 0.1) is 6.54 Å². The van der Waals surface area contributed by atoms with E-state index >= 15 is 0 Å². The van der Waals surface area contributed by atoms with Crippen LogP contribution in [0.4, 0.5) is 0 Å². The Bertz CT molecular complexity index is 233. The topological polar surface area (TPSA) is 34.4 Å². The molecule has 1 aromatic rings. The Morgan fingerprint density at radius 2 is 2.15 bits per heavy atom. The summed E-state index contributed by atoms with van der Waals surface area (Å²) in [5.74, 6) is 1.86. The fourth-order valence-electron chi connectivity index (χ4n) is 1.13. The summed E-state index contributed by atoms with van der Waals surface area (Å²) in [4.78, 5) is 0. The summed E-state index contributed by atoms with van der Waals surface area (Å²) in [6.07, 6.45) is 1.14. The van der Waals surface area contributed by atoms with E-state index in [0.29, 0.717) is 6.61 Å². The molecular formula is C10H17NO2. The van der Waals surface area contributed by atoms with E-state index in [2.05, 4.69) is 12.2 Å². The van der Waals surface area contributed by atoms with Gasteiger partial charge in [-0.25, -0.2) is 0 Å². The molecule has 0 aliphatic carbocycles. The van der Waals surface area contributed by atoms with Gasteiger partial charge in [-0.1, -0.05) is 6.92 Å². The molecule has 0 aliphatic heterocycles. The number of rotatable bonds is 6. The van der Waals surface area contributed by atoms with E-state index in [1.165, 1.54) is 0 Å². The van der Waals surface area contributed by atoms with E-state index < -0.39 is 0 Å². The Hall–Kier alpha value is -0.800. The summed E-state index contributed by atoms with van der Waals surface area (Å²) in [6, 6.07) is 3.93. The number of hydrogen-bond donors (Lipinski definition) is 1. The van der Waals surface area contributed by atoms with Crippen LogP contribution >= 0.6 is 0 Å². The zero-order valence-electron chi connectivity index (χ0n) is 8.30. The van der Waals surface area contributed by atoms with Crippen molar-refractivity contribution in [3.05, 3.63) is 23.7 Å². The molecule has 0 unspecified atom stereocenters. The fourth-order valence-corrected chi connectivity index (χ4v) is 1.13. The number of furan rings is 1. The fraction of sp³-hybridized carbons (Fsp3) is 0.600. The van der Waals surface area contributed by atoms with E-state index in [4.69, 9.17) is 9.15 Å². The largest absolute Gasteiger partial charge is 0.462 e. The second-order valence-electron chi connectivity index (χ2n) is 2.98. The lowest BCUT2D eigenvalue weighted by Gasteiger charge is -1.98. The lowest BCUT2D eigenvalue weighted by Crippen LogP contribution is -2.13. The van der Waals surface area contributed by atoms with Crippen LogP contribution in [0.2, 0.25) is 0 Å². The van der Waals surface area contributed by atoms with Crippen molar-refractivity contribution in [2.45, 2.75) is 26.5 Å². The van der Waals surface area contributed by atoms with Gasteiger partial charge in [-0.2, -0.15) is 0 Å². The van der Waals surface area contributed by atoms with E-state index in [9.17, 15) is 0 Å². The van der Waals surface area contributed by atoms with Crippen molar-refractivity contribution < 1.29 is 9.15 Å². The summed E-state index contributed by atoms with van der Waals surface area (Å²) in [7, 11) is 1.66. The third-order valence-corrected chi connectivity index (χ3v) is 1.73. The molecule has 0 aliphatic rings. The Kier molecular flexibility index (Phi) is 4.57. The number of ether oxygens (including phenoxy) is 1. The van der Waals surface area contributed by atoms with Crippen LogP contribution < -0.4 is 5.32 Å². The molecule has 0 fully saturated rings. The molecule has 0 bridgehead atoms. The Labute approximate surface area is 79.1 Å². The van der Waals surface area contributed by atoms with E-state index in [1.54, 1.807) is 7.11 Å². The van der Waals surface area contributed by atoms with Gasteiger partial charge in [0, 0.05) is 7.11 Å². The van der Waals surface area contributed by atoms with Crippen molar-refractivity contribution >= 4 is 0 Å². The van der Waals surface area contributed by atoms with Crippen LogP contribution in [-0.2, 0) is 17.9 Å². The second-order valence-corrected chi connectivity index (χ2v) is 2.98. The van der Waals surface area contributed by atoms with Crippen LogP contribution in [0.3, 0.4) is 0 Å². The van der Waals surface area contributed by atoms with Gasteiger partial charge in [-0.3, -0.25) is 0 Å². The van der Waals surface area contributed by atoms with Crippen LogP contribution in [0.15, 0.2) is 16.5 Å². The predicted molar refractivity (Wildman–Crippen MR) is 51.4 cm³/mol. The molecule has 1 aromatic heterocycles. The molecular weight excluding hydrogens is 166 g/mol. The highest BCUT2D eigenvalue weighted by molar-refractivity contribution is 5.06. The third-order valence-electron chi connectivity index (χ3n) is 1.73. The van der Waals surface area contributed by atoms with Crippen molar-refractivity contribution in [3.63, 3.8) is 0 Å². The predicted octanol–water partition coefficient (Wildman–Crippen LogP) is 1.93. The number of hydrogen-bond acceptors (Lipinski definition) is 3. The Morgan fingerprint density at radius 3 is 2.85 bits per heavy atom. The highest BCUT2D eigenvalue weighted by atomic mass is 16.5. The van der Waals surface area contributed by atoms with Crippen molar-refractivity contribution in [1.82, 2.24) is 5.32 Å². The van der Waals surface area contributed by atoms with Crippen molar-refractivity contribution in [3.8, 4) is 0 Å². The van der Waals surface area contributed by atoms with Crippen molar-refractivity contribution in [2.75, 3.05) is 13.7 Å². The second kappa shape index (κ2) is 5.78. The summed E-state index contributed by atoms with van der Waals surface area (Å²) >= 11 is 0. The average Bonchev–Trinajstić information content (AvgIpc) is 2.54. The Morgan fingerprint density at radius 1 is 1.38 bits per heavy atom. The molecule has 0 saturated carbocycles. The summed E-state index contributed by atoms with van der Waals surface area (Å²) in [6.45, 7) is 4.52. The zero-order valence-corrected chi connectivity index (χ0v) is 8.30. The monoisotopic (exact) mass is 183 g/mol. The standard InChI is InChI=1S/C10H17NO2/c1-3-6-11-7-9-4-5-10(13-9)8-12-2/h4-5,11H,3,6-8H2,1-2H3. The van der Waals surface area contributed by atoms with Crippen LogP contribution in [-0.4, -0.2) is 13.7 Å². The quantitative estimate of drug-likeness (QED) is 0.684. The van der Waals surface area contributed by atoms with Crippen molar-refractivity contribution in [2.24, 2.45) is 0 Å². The van der Waals surface area contributed by atoms with Crippen molar-refractivity contribution in [1.29, 1.82) is 0 Å². The first-order valence-corrected chi connectivity index (χ1v) is 4.64. The van der Waals surface area contributed by atoms with Gasteiger partial charge >= 0.3 is 0 Å². The lowest BCUT2D eigenvalue weighted by atomic mass is 10.4. The van der Waals surface area contributed by atoms with Crippen LogP contribution in [0, 0.1) is 0 Å². The lowest BCUT2D eigenvalue weighted by molar-refractivity contribution is 0.162. The van der Waals surface area contributed by atoms with Crippen LogP contribution in [0.5, 0.6) is 0 Å². The third kappa shape index (κ3) is 3.61. The van der Waals surface area contributed by atoms with E-state index in [-0.39, 0.29) is 0 Å².